The number of nitrogens with zero attached hydrogens (tertiary/aromatic N) is 4. The van der Waals surface area contributed by atoms with Crippen molar-refractivity contribution in [1.29, 1.82) is 0 Å². The number of para-hydroxylation sites is 1. The Morgan fingerprint density at radius 3 is 2.77 bits per heavy atom. The minimum Gasteiger partial charge on any atom is -0.424 e. The fraction of sp³-hybridized carbons (Fsp3) is 0.238. The van der Waals surface area contributed by atoms with E-state index < -0.39 is 0 Å². The largest absolute Gasteiger partial charge is 0.424 e. The SMILES string of the molecule is O=C(NC1CCCC1Nc1nc2cc(F)ccc2o1)c1ccccc1-n1nccn1. The molecule has 2 aromatic carbocycles. The second-order valence-corrected chi connectivity index (χ2v) is 7.23. The molecule has 0 radical (unpaired) electrons. The number of halogens is 1. The zero-order valence-electron chi connectivity index (χ0n) is 16.0. The number of benzene rings is 2. The number of oxazole rings is 1. The highest BCUT2D eigenvalue weighted by molar-refractivity contribution is 5.98. The van der Waals surface area contributed by atoms with E-state index >= 15 is 0 Å². The summed E-state index contributed by atoms with van der Waals surface area (Å²) in [5, 5.41) is 14.6. The van der Waals surface area contributed by atoms with Crippen LogP contribution in [0.15, 0.2) is 59.3 Å². The van der Waals surface area contributed by atoms with E-state index in [1.165, 1.54) is 16.9 Å². The van der Waals surface area contributed by atoms with Gasteiger partial charge < -0.3 is 15.1 Å². The molecule has 1 amide bonds. The number of nitrogens with one attached hydrogen (secondary N) is 2. The van der Waals surface area contributed by atoms with Crippen molar-refractivity contribution >= 4 is 23.0 Å². The predicted molar refractivity (Wildman–Crippen MR) is 108 cm³/mol. The molecule has 2 aromatic heterocycles. The van der Waals surface area contributed by atoms with Crippen LogP contribution in [0.5, 0.6) is 0 Å². The Kier molecular flexibility index (Phi) is 4.62. The van der Waals surface area contributed by atoms with Gasteiger partial charge >= 0.3 is 0 Å². The van der Waals surface area contributed by atoms with Gasteiger partial charge in [-0.3, -0.25) is 4.79 Å². The Morgan fingerprint density at radius 1 is 1.10 bits per heavy atom. The maximum absolute atomic E-state index is 13.4. The third-order valence-corrected chi connectivity index (χ3v) is 5.27. The van der Waals surface area contributed by atoms with Crippen LogP contribution in [0, 0.1) is 5.82 Å². The molecule has 2 N–H and O–H groups in total. The number of rotatable bonds is 5. The van der Waals surface area contributed by atoms with Crippen molar-refractivity contribution in [3.8, 4) is 5.69 Å². The molecule has 0 spiro atoms. The number of hydrogen-bond acceptors (Lipinski definition) is 6. The van der Waals surface area contributed by atoms with Crippen LogP contribution in [0.25, 0.3) is 16.8 Å². The third-order valence-electron chi connectivity index (χ3n) is 5.27. The van der Waals surface area contributed by atoms with Crippen molar-refractivity contribution in [3.63, 3.8) is 0 Å². The number of amides is 1. The molecule has 8 nitrogen and oxygen atoms in total. The lowest BCUT2D eigenvalue weighted by Gasteiger charge is -2.22. The summed E-state index contributed by atoms with van der Waals surface area (Å²) >= 11 is 0. The number of carbonyl (C=O) groups excluding carboxylic acids is 1. The molecule has 9 heteroatoms. The van der Waals surface area contributed by atoms with Gasteiger partial charge in [-0.25, -0.2) is 4.39 Å². The Balaban J connectivity index is 1.33. The zero-order chi connectivity index (χ0) is 20.5. The Hall–Kier alpha value is -3.75. The van der Waals surface area contributed by atoms with E-state index in [-0.39, 0.29) is 23.8 Å². The molecule has 5 rings (SSSR count). The first kappa shape index (κ1) is 18.3. The van der Waals surface area contributed by atoms with E-state index in [4.69, 9.17) is 4.42 Å². The van der Waals surface area contributed by atoms with Gasteiger partial charge in [-0.2, -0.15) is 20.0 Å². The number of fused-ring (bicyclic) bond motifs is 1. The zero-order valence-corrected chi connectivity index (χ0v) is 16.0. The van der Waals surface area contributed by atoms with E-state index in [2.05, 4.69) is 25.8 Å². The first-order valence-electron chi connectivity index (χ1n) is 9.76. The topological polar surface area (TPSA) is 97.9 Å². The van der Waals surface area contributed by atoms with Gasteiger partial charge in [-0.15, -0.1) is 0 Å². The number of anilines is 1. The van der Waals surface area contributed by atoms with Crippen LogP contribution >= 0.6 is 0 Å². The lowest BCUT2D eigenvalue weighted by atomic mass is 10.1. The van der Waals surface area contributed by atoms with E-state index in [9.17, 15) is 9.18 Å². The van der Waals surface area contributed by atoms with Crippen molar-refractivity contribution in [2.75, 3.05) is 5.32 Å². The van der Waals surface area contributed by atoms with E-state index in [1.807, 2.05) is 12.1 Å². The molecule has 0 saturated heterocycles. The molecule has 0 aliphatic heterocycles. The monoisotopic (exact) mass is 406 g/mol. The van der Waals surface area contributed by atoms with Crippen LogP contribution in [-0.2, 0) is 0 Å². The fourth-order valence-corrected chi connectivity index (χ4v) is 3.85. The summed E-state index contributed by atoms with van der Waals surface area (Å²) in [7, 11) is 0. The smallest absolute Gasteiger partial charge is 0.295 e. The van der Waals surface area contributed by atoms with E-state index in [1.54, 1.807) is 30.6 Å². The number of hydrogen-bond donors (Lipinski definition) is 2. The number of aromatic nitrogens is 4. The Bertz CT molecular complexity index is 1190. The van der Waals surface area contributed by atoms with Gasteiger partial charge in [-0.1, -0.05) is 12.1 Å². The molecule has 152 valence electrons. The predicted octanol–water partition coefficient (Wildman–Crippen LogP) is 3.31. The third kappa shape index (κ3) is 3.49. The van der Waals surface area contributed by atoms with Gasteiger partial charge in [0.25, 0.3) is 11.9 Å². The van der Waals surface area contributed by atoms with E-state index in [0.29, 0.717) is 28.4 Å². The van der Waals surface area contributed by atoms with Gasteiger partial charge in [0.2, 0.25) is 0 Å². The highest BCUT2D eigenvalue weighted by Crippen LogP contribution is 2.26. The van der Waals surface area contributed by atoms with Crippen molar-refractivity contribution in [3.05, 3.63) is 66.2 Å². The Labute approximate surface area is 171 Å². The van der Waals surface area contributed by atoms with Gasteiger partial charge in [0.15, 0.2) is 5.58 Å². The molecule has 2 atom stereocenters. The normalized spacial score (nSPS) is 18.6. The molecule has 2 heterocycles. The van der Waals surface area contributed by atoms with Crippen LogP contribution in [0.2, 0.25) is 0 Å². The van der Waals surface area contributed by atoms with Gasteiger partial charge in [0, 0.05) is 12.1 Å². The maximum atomic E-state index is 13.4. The molecule has 4 aromatic rings. The van der Waals surface area contributed by atoms with Crippen LogP contribution in [-0.4, -0.2) is 38.0 Å². The summed E-state index contributed by atoms with van der Waals surface area (Å²) in [5.74, 6) is -0.556. The second-order valence-electron chi connectivity index (χ2n) is 7.23. The summed E-state index contributed by atoms with van der Waals surface area (Å²) in [6.45, 7) is 0. The standard InChI is InChI=1S/C21H19FN6O2/c22-13-8-9-19-17(12-13)27-21(30-19)26-16-6-3-5-15(16)25-20(29)14-4-1-2-7-18(14)28-23-10-11-24-28/h1-2,4,7-12,15-16H,3,5-6H2,(H,25,29)(H,26,27). The summed E-state index contributed by atoms with van der Waals surface area (Å²) in [5.41, 5.74) is 2.08. The average Bonchev–Trinajstić information content (AvgIpc) is 3.49. The highest BCUT2D eigenvalue weighted by Gasteiger charge is 2.30. The molecule has 30 heavy (non-hydrogen) atoms. The van der Waals surface area contributed by atoms with Crippen LogP contribution < -0.4 is 10.6 Å². The first-order valence-corrected chi connectivity index (χ1v) is 9.76. The molecule has 1 fully saturated rings. The van der Waals surface area contributed by atoms with Crippen molar-refractivity contribution in [2.45, 2.75) is 31.3 Å². The molecule has 2 unspecified atom stereocenters. The number of carbonyl (C=O) groups is 1. The molecular weight excluding hydrogens is 387 g/mol. The van der Waals surface area contributed by atoms with E-state index in [0.717, 1.165) is 19.3 Å². The molecule has 1 saturated carbocycles. The summed E-state index contributed by atoms with van der Waals surface area (Å²) in [6.07, 6.45) is 5.79. The van der Waals surface area contributed by atoms with Crippen LogP contribution in [0.4, 0.5) is 10.4 Å². The second kappa shape index (κ2) is 7.58. The first-order chi connectivity index (χ1) is 14.7. The lowest BCUT2D eigenvalue weighted by molar-refractivity contribution is 0.0935. The van der Waals surface area contributed by atoms with Gasteiger partial charge in [0.1, 0.15) is 11.3 Å². The minimum absolute atomic E-state index is 0.0400. The molecular formula is C21H19FN6O2. The molecule has 1 aliphatic rings. The summed E-state index contributed by atoms with van der Waals surface area (Å²) in [4.78, 5) is 18.7. The summed E-state index contributed by atoms with van der Waals surface area (Å²) < 4.78 is 19.1. The van der Waals surface area contributed by atoms with Gasteiger partial charge in [-0.05, 0) is 43.5 Å². The lowest BCUT2D eigenvalue weighted by Crippen LogP contribution is -2.43. The van der Waals surface area contributed by atoms with Crippen molar-refractivity contribution in [2.24, 2.45) is 0 Å². The minimum atomic E-state index is -0.362. The molecule has 1 aliphatic carbocycles. The Morgan fingerprint density at radius 2 is 1.90 bits per heavy atom. The quantitative estimate of drug-likeness (QED) is 0.528. The maximum Gasteiger partial charge on any atom is 0.295 e. The highest BCUT2D eigenvalue weighted by atomic mass is 19.1. The van der Waals surface area contributed by atoms with Gasteiger partial charge in [0.05, 0.1) is 29.7 Å². The molecule has 0 bridgehead atoms. The summed E-state index contributed by atoms with van der Waals surface area (Å²) in [6, 6.07) is 11.6. The van der Waals surface area contributed by atoms with Crippen molar-refractivity contribution < 1.29 is 13.6 Å². The average molecular weight is 406 g/mol. The van der Waals surface area contributed by atoms with Crippen molar-refractivity contribution in [1.82, 2.24) is 25.3 Å². The fourth-order valence-electron chi connectivity index (χ4n) is 3.85. The van der Waals surface area contributed by atoms with Crippen LogP contribution in [0.1, 0.15) is 29.6 Å². The van der Waals surface area contributed by atoms with Crippen LogP contribution in [0.3, 0.4) is 0 Å².